The molecule has 0 amide bonds. The van der Waals surface area contributed by atoms with Crippen molar-refractivity contribution in [3.63, 3.8) is 0 Å². The van der Waals surface area contributed by atoms with E-state index >= 15 is 0 Å². The van der Waals surface area contributed by atoms with Crippen molar-refractivity contribution >= 4 is 0 Å². The lowest BCUT2D eigenvalue weighted by Crippen LogP contribution is -2.19. The van der Waals surface area contributed by atoms with Gasteiger partial charge in [-0.1, -0.05) is 20.8 Å². The van der Waals surface area contributed by atoms with Gasteiger partial charge in [-0.3, -0.25) is 4.68 Å². The summed E-state index contributed by atoms with van der Waals surface area (Å²) in [6.45, 7) is 10.3. The van der Waals surface area contributed by atoms with Crippen molar-refractivity contribution in [1.29, 1.82) is 0 Å². The van der Waals surface area contributed by atoms with Crippen LogP contribution in [0, 0.1) is 0 Å². The summed E-state index contributed by atoms with van der Waals surface area (Å²) in [7, 11) is 0. The van der Waals surface area contributed by atoms with Gasteiger partial charge in [-0.25, -0.2) is 0 Å². The second-order valence-corrected chi connectivity index (χ2v) is 5.18. The highest BCUT2D eigenvalue weighted by Gasteiger charge is 2.20. The largest absolute Gasteiger partial charge is 0.376 e. The molecule has 1 fully saturated rings. The van der Waals surface area contributed by atoms with Gasteiger partial charge in [0.25, 0.3) is 0 Å². The van der Waals surface area contributed by atoms with Crippen LogP contribution in [0.1, 0.15) is 50.6 Å². The van der Waals surface area contributed by atoms with Crippen LogP contribution < -0.4 is 5.32 Å². The van der Waals surface area contributed by atoms with Gasteiger partial charge in [0, 0.05) is 24.4 Å². The van der Waals surface area contributed by atoms with Gasteiger partial charge in [-0.15, -0.1) is 0 Å². The molecule has 0 saturated carbocycles. The zero-order valence-electron chi connectivity index (χ0n) is 12.5. The van der Waals surface area contributed by atoms with Crippen molar-refractivity contribution in [2.75, 3.05) is 13.2 Å². The van der Waals surface area contributed by atoms with Crippen LogP contribution in [0.4, 0.5) is 0 Å². The Morgan fingerprint density at radius 1 is 1.32 bits per heavy atom. The van der Waals surface area contributed by atoms with Crippen molar-refractivity contribution < 1.29 is 4.74 Å². The number of aryl methyl sites for hydroxylation is 1. The zero-order valence-corrected chi connectivity index (χ0v) is 12.5. The van der Waals surface area contributed by atoms with Crippen LogP contribution in [0.5, 0.6) is 0 Å². The number of hydrogen-bond donors (Lipinski definition) is 1. The van der Waals surface area contributed by atoms with Crippen molar-refractivity contribution in [3.05, 3.63) is 17.0 Å². The molecule has 0 aliphatic carbocycles. The molecule has 2 rings (SSSR count). The monoisotopic (exact) mass is 265 g/mol. The Bertz CT molecular complexity index is 394. The van der Waals surface area contributed by atoms with E-state index in [0.717, 1.165) is 39.1 Å². The van der Waals surface area contributed by atoms with E-state index in [1.807, 2.05) is 0 Å². The average Bonchev–Trinajstić information content (AvgIpc) is 3.04. The molecule has 0 aromatic carbocycles. The van der Waals surface area contributed by atoms with Crippen molar-refractivity contribution in [3.8, 4) is 0 Å². The molecule has 2 heterocycles. The molecule has 1 atom stereocenters. The number of nitrogens with zero attached hydrogens (tertiary/aromatic N) is 2. The van der Waals surface area contributed by atoms with E-state index in [4.69, 9.17) is 9.84 Å². The van der Waals surface area contributed by atoms with Crippen molar-refractivity contribution in [1.82, 2.24) is 15.1 Å². The quantitative estimate of drug-likeness (QED) is 0.822. The Labute approximate surface area is 116 Å². The molecule has 0 spiro atoms. The summed E-state index contributed by atoms with van der Waals surface area (Å²) in [4.78, 5) is 0. The highest BCUT2D eigenvalue weighted by molar-refractivity contribution is 5.26. The zero-order chi connectivity index (χ0) is 13.7. The maximum absolute atomic E-state index is 5.74. The minimum atomic E-state index is 0.363. The predicted octanol–water partition coefficient (Wildman–Crippen LogP) is 2.30. The lowest BCUT2D eigenvalue weighted by atomic mass is 10.1. The predicted molar refractivity (Wildman–Crippen MR) is 77.3 cm³/mol. The molecule has 1 saturated heterocycles. The first-order chi connectivity index (χ1) is 9.30. The van der Waals surface area contributed by atoms with E-state index in [2.05, 4.69) is 30.8 Å². The number of hydrogen-bond acceptors (Lipinski definition) is 3. The number of nitrogens with one attached hydrogen (secondary N) is 1. The summed E-state index contributed by atoms with van der Waals surface area (Å²) < 4.78 is 7.94. The van der Waals surface area contributed by atoms with E-state index in [9.17, 15) is 0 Å². The third-order valence-corrected chi connectivity index (χ3v) is 3.87. The molecule has 0 radical (unpaired) electrons. The van der Waals surface area contributed by atoms with Gasteiger partial charge in [0.1, 0.15) is 0 Å². The van der Waals surface area contributed by atoms with Crippen LogP contribution in [0.15, 0.2) is 0 Å². The fourth-order valence-corrected chi connectivity index (χ4v) is 2.86. The standard InChI is InChI=1S/C15H27N3O/c1-4-14-13(10-16-6-3)15(5-2)18(17-14)11-12-8-7-9-19-12/h12,16H,4-11H2,1-3H3. The van der Waals surface area contributed by atoms with Crippen molar-refractivity contribution in [2.45, 2.75) is 65.6 Å². The lowest BCUT2D eigenvalue weighted by Gasteiger charge is -2.12. The molecule has 1 N–H and O–H groups in total. The fourth-order valence-electron chi connectivity index (χ4n) is 2.86. The first-order valence-electron chi connectivity index (χ1n) is 7.69. The fraction of sp³-hybridized carbons (Fsp3) is 0.800. The van der Waals surface area contributed by atoms with Gasteiger partial charge < -0.3 is 10.1 Å². The Morgan fingerprint density at radius 2 is 2.16 bits per heavy atom. The number of ether oxygens (including phenoxy) is 1. The molecule has 1 aromatic rings. The number of rotatable bonds is 7. The maximum Gasteiger partial charge on any atom is 0.0771 e. The van der Waals surface area contributed by atoms with Crippen LogP contribution in [-0.2, 0) is 30.7 Å². The molecule has 108 valence electrons. The van der Waals surface area contributed by atoms with Crippen LogP contribution >= 0.6 is 0 Å². The van der Waals surface area contributed by atoms with Gasteiger partial charge in [-0.05, 0) is 32.2 Å². The summed E-state index contributed by atoms with van der Waals surface area (Å²) in [5.41, 5.74) is 4.04. The number of aromatic nitrogens is 2. The molecular formula is C15H27N3O. The molecule has 1 aliphatic heterocycles. The van der Waals surface area contributed by atoms with E-state index in [-0.39, 0.29) is 0 Å². The molecule has 4 nitrogen and oxygen atoms in total. The normalized spacial score (nSPS) is 19.2. The van der Waals surface area contributed by atoms with Crippen LogP contribution in [0.25, 0.3) is 0 Å². The topological polar surface area (TPSA) is 39.1 Å². The second-order valence-electron chi connectivity index (χ2n) is 5.18. The summed E-state index contributed by atoms with van der Waals surface area (Å²) in [5, 5.41) is 8.25. The van der Waals surface area contributed by atoms with Gasteiger partial charge in [0.05, 0.1) is 18.3 Å². The van der Waals surface area contributed by atoms with Crippen LogP contribution in [0.3, 0.4) is 0 Å². The molecule has 19 heavy (non-hydrogen) atoms. The third kappa shape index (κ3) is 3.37. The Kier molecular flexibility index (Phi) is 5.40. The highest BCUT2D eigenvalue weighted by atomic mass is 16.5. The van der Waals surface area contributed by atoms with Gasteiger partial charge in [-0.2, -0.15) is 5.10 Å². The van der Waals surface area contributed by atoms with Crippen molar-refractivity contribution in [2.24, 2.45) is 0 Å². The van der Waals surface area contributed by atoms with Crippen LogP contribution in [0.2, 0.25) is 0 Å². The molecule has 1 aromatic heterocycles. The van der Waals surface area contributed by atoms with E-state index in [1.54, 1.807) is 0 Å². The summed E-state index contributed by atoms with van der Waals surface area (Å²) in [6.07, 6.45) is 4.78. The minimum Gasteiger partial charge on any atom is -0.376 e. The molecule has 4 heteroatoms. The molecule has 0 bridgehead atoms. The third-order valence-electron chi connectivity index (χ3n) is 3.87. The van der Waals surface area contributed by atoms with Gasteiger partial charge >= 0.3 is 0 Å². The summed E-state index contributed by atoms with van der Waals surface area (Å²) in [6, 6.07) is 0. The van der Waals surface area contributed by atoms with E-state index in [0.29, 0.717) is 6.10 Å². The Hall–Kier alpha value is -0.870. The molecule has 1 aliphatic rings. The maximum atomic E-state index is 5.74. The lowest BCUT2D eigenvalue weighted by molar-refractivity contribution is 0.0931. The summed E-state index contributed by atoms with van der Waals surface area (Å²) >= 11 is 0. The highest BCUT2D eigenvalue weighted by Crippen LogP contribution is 2.20. The first-order valence-corrected chi connectivity index (χ1v) is 7.69. The summed E-state index contributed by atoms with van der Waals surface area (Å²) in [5.74, 6) is 0. The molecular weight excluding hydrogens is 238 g/mol. The Morgan fingerprint density at radius 3 is 2.74 bits per heavy atom. The smallest absolute Gasteiger partial charge is 0.0771 e. The Balaban J connectivity index is 2.18. The van der Waals surface area contributed by atoms with Gasteiger partial charge in [0.2, 0.25) is 0 Å². The second kappa shape index (κ2) is 7.06. The minimum absolute atomic E-state index is 0.363. The van der Waals surface area contributed by atoms with Gasteiger partial charge in [0.15, 0.2) is 0 Å². The molecule has 1 unspecified atom stereocenters. The average molecular weight is 265 g/mol. The van der Waals surface area contributed by atoms with Crippen LogP contribution in [-0.4, -0.2) is 29.0 Å². The van der Waals surface area contributed by atoms with E-state index in [1.165, 1.54) is 29.8 Å². The first kappa shape index (κ1) is 14.5. The van der Waals surface area contributed by atoms with E-state index < -0.39 is 0 Å². The SMILES string of the molecule is CCNCc1c(CC)nn(CC2CCCO2)c1CC.